The molecule has 0 aliphatic carbocycles. The Balaban J connectivity index is 2.64. The Bertz CT molecular complexity index is 399. The van der Waals surface area contributed by atoms with Gasteiger partial charge < -0.3 is 10.1 Å². The number of alkyl halides is 1. The van der Waals surface area contributed by atoms with Gasteiger partial charge in [-0.1, -0.05) is 24.3 Å². The third-order valence-corrected chi connectivity index (χ3v) is 2.80. The maximum Gasteiger partial charge on any atom is 0.409 e. The van der Waals surface area contributed by atoms with Crippen molar-refractivity contribution in [1.29, 1.82) is 0 Å². The lowest BCUT2D eigenvalue weighted by atomic mass is 10.1. The molecule has 1 atom stereocenters. The van der Waals surface area contributed by atoms with Crippen LogP contribution < -0.4 is 5.32 Å². The van der Waals surface area contributed by atoms with E-state index >= 15 is 0 Å². The zero-order valence-corrected chi connectivity index (χ0v) is 12.2. The molecule has 0 aromatic heterocycles. The number of alkyl carbamates (subject to hydrolysis) is 1. The number of benzene rings is 1. The highest BCUT2D eigenvalue weighted by Gasteiger charge is 2.19. The second-order valence-corrected chi connectivity index (χ2v) is 5.78. The van der Waals surface area contributed by atoms with Gasteiger partial charge in [0.1, 0.15) is 0 Å². The van der Waals surface area contributed by atoms with E-state index in [2.05, 4.69) is 21.2 Å². The van der Waals surface area contributed by atoms with Crippen LogP contribution in [0.2, 0.25) is 0 Å². The predicted octanol–water partition coefficient (Wildman–Crippen LogP) is 3.91. The molecule has 1 aromatic rings. The molecule has 94 valence electrons. The van der Waals surface area contributed by atoms with Crippen molar-refractivity contribution in [2.75, 3.05) is 0 Å². The predicted molar refractivity (Wildman–Crippen MR) is 72.2 cm³/mol. The molecule has 0 heterocycles. The first kappa shape index (κ1) is 14.0. The van der Waals surface area contributed by atoms with Gasteiger partial charge in [0.15, 0.2) is 5.01 Å². The van der Waals surface area contributed by atoms with Crippen LogP contribution in [-0.2, 0) is 4.74 Å². The van der Waals surface area contributed by atoms with Gasteiger partial charge in [0, 0.05) is 11.1 Å². The van der Waals surface area contributed by atoms with Gasteiger partial charge in [-0.3, -0.25) is 0 Å². The van der Waals surface area contributed by atoms with Crippen LogP contribution in [0, 0.1) is 6.92 Å². The van der Waals surface area contributed by atoms with Crippen molar-refractivity contribution in [1.82, 2.24) is 5.32 Å². The first-order chi connectivity index (χ1) is 7.79. The Morgan fingerprint density at radius 2 is 1.94 bits per heavy atom. The SMILES string of the molecule is Cc1ccccc1C(Br)OC(=O)NC(C)(C)C. The van der Waals surface area contributed by atoms with Crippen LogP contribution in [0.5, 0.6) is 0 Å². The zero-order chi connectivity index (χ0) is 13.1. The van der Waals surface area contributed by atoms with E-state index in [-0.39, 0.29) is 5.54 Å². The molecule has 1 aromatic carbocycles. The molecule has 0 saturated carbocycles. The molecule has 1 unspecified atom stereocenters. The van der Waals surface area contributed by atoms with E-state index in [4.69, 9.17) is 4.74 Å². The van der Waals surface area contributed by atoms with Crippen LogP contribution in [-0.4, -0.2) is 11.6 Å². The molecule has 0 fully saturated rings. The summed E-state index contributed by atoms with van der Waals surface area (Å²) < 4.78 is 5.26. The fraction of sp³-hybridized carbons (Fsp3) is 0.462. The number of halogens is 1. The Morgan fingerprint density at radius 1 is 1.35 bits per heavy atom. The maximum absolute atomic E-state index is 11.6. The highest BCUT2D eigenvalue weighted by Crippen LogP contribution is 2.26. The van der Waals surface area contributed by atoms with Crippen LogP contribution in [0.3, 0.4) is 0 Å². The van der Waals surface area contributed by atoms with E-state index in [1.807, 2.05) is 52.0 Å². The van der Waals surface area contributed by atoms with E-state index in [0.717, 1.165) is 11.1 Å². The average molecular weight is 300 g/mol. The number of hydrogen-bond donors (Lipinski definition) is 1. The van der Waals surface area contributed by atoms with Crippen LogP contribution in [0.4, 0.5) is 4.79 Å². The molecule has 17 heavy (non-hydrogen) atoms. The summed E-state index contributed by atoms with van der Waals surface area (Å²) in [5.41, 5.74) is 1.74. The van der Waals surface area contributed by atoms with Crippen molar-refractivity contribution in [3.8, 4) is 0 Å². The number of aryl methyl sites for hydroxylation is 1. The quantitative estimate of drug-likeness (QED) is 0.841. The number of amides is 1. The number of hydrogen-bond acceptors (Lipinski definition) is 2. The molecular formula is C13H18BrNO2. The minimum absolute atomic E-state index is 0.296. The largest absolute Gasteiger partial charge is 0.430 e. The van der Waals surface area contributed by atoms with E-state index < -0.39 is 11.1 Å². The molecule has 0 radical (unpaired) electrons. The van der Waals surface area contributed by atoms with Crippen LogP contribution in [0.15, 0.2) is 24.3 Å². The number of nitrogens with one attached hydrogen (secondary N) is 1. The van der Waals surface area contributed by atoms with E-state index in [9.17, 15) is 4.79 Å². The lowest BCUT2D eigenvalue weighted by Gasteiger charge is -2.22. The van der Waals surface area contributed by atoms with Crippen LogP contribution >= 0.6 is 15.9 Å². The van der Waals surface area contributed by atoms with Gasteiger partial charge >= 0.3 is 6.09 Å². The summed E-state index contributed by atoms with van der Waals surface area (Å²) in [5.74, 6) is 0. The highest BCUT2D eigenvalue weighted by molar-refractivity contribution is 9.09. The molecule has 3 nitrogen and oxygen atoms in total. The smallest absolute Gasteiger partial charge is 0.409 e. The lowest BCUT2D eigenvalue weighted by molar-refractivity contribution is 0.129. The molecular weight excluding hydrogens is 282 g/mol. The molecule has 1 rings (SSSR count). The van der Waals surface area contributed by atoms with Crippen molar-refractivity contribution in [3.05, 3.63) is 35.4 Å². The first-order valence-corrected chi connectivity index (χ1v) is 6.39. The monoisotopic (exact) mass is 299 g/mol. The van der Waals surface area contributed by atoms with E-state index in [1.54, 1.807) is 0 Å². The highest BCUT2D eigenvalue weighted by atomic mass is 79.9. The number of ether oxygens (including phenoxy) is 1. The Kier molecular flexibility index (Phi) is 4.57. The average Bonchev–Trinajstić information content (AvgIpc) is 2.14. The summed E-state index contributed by atoms with van der Waals surface area (Å²) in [4.78, 5) is 11.6. The van der Waals surface area contributed by atoms with Crippen molar-refractivity contribution in [3.63, 3.8) is 0 Å². The standard InChI is InChI=1S/C13H18BrNO2/c1-9-7-5-6-8-10(9)11(14)17-12(16)15-13(2,3)4/h5-8,11H,1-4H3,(H,15,16). The molecule has 1 amide bonds. The van der Waals surface area contributed by atoms with Crippen molar-refractivity contribution >= 4 is 22.0 Å². The Morgan fingerprint density at radius 3 is 2.47 bits per heavy atom. The minimum atomic E-state index is -0.428. The molecule has 1 N–H and O–H groups in total. The van der Waals surface area contributed by atoms with Gasteiger partial charge in [-0.15, -0.1) is 0 Å². The number of carbonyl (C=O) groups is 1. The topological polar surface area (TPSA) is 38.3 Å². The van der Waals surface area contributed by atoms with Crippen molar-refractivity contribution < 1.29 is 9.53 Å². The fourth-order valence-corrected chi connectivity index (χ4v) is 2.02. The van der Waals surface area contributed by atoms with Gasteiger partial charge in [0.25, 0.3) is 0 Å². The van der Waals surface area contributed by atoms with E-state index in [1.165, 1.54) is 0 Å². The minimum Gasteiger partial charge on any atom is -0.430 e. The molecule has 0 bridgehead atoms. The van der Waals surface area contributed by atoms with Gasteiger partial charge in [0.05, 0.1) is 0 Å². The van der Waals surface area contributed by atoms with Crippen molar-refractivity contribution in [2.24, 2.45) is 0 Å². The lowest BCUT2D eigenvalue weighted by Crippen LogP contribution is -2.41. The van der Waals surface area contributed by atoms with Gasteiger partial charge in [-0.25, -0.2) is 4.79 Å². The first-order valence-electron chi connectivity index (χ1n) is 5.48. The number of carbonyl (C=O) groups excluding carboxylic acids is 1. The summed E-state index contributed by atoms with van der Waals surface area (Å²) in [7, 11) is 0. The molecule has 0 spiro atoms. The van der Waals surface area contributed by atoms with Gasteiger partial charge in [-0.2, -0.15) is 0 Å². The maximum atomic E-state index is 11.6. The fourth-order valence-electron chi connectivity index (χ4n) is 1.33. The van der Waals surface area contributed by atoms with Crippen molar-refractivity contribution in [2.45, 2.75) is 38.2 Å². The summed E-state index contributed by atoms with van der Waals surface area (Å²) in [6, 6.07) is 7.78. The summed E-state index contributed by atoms with van der Waals surface area (Å²) in [6.45, 7) is 7.70. The second-order valence-electron chi connectivity index (χ2n) is 4.95. The molecule has 0 saturated heterocycles. The molecule has 0 aliphatic heterocycles. The van der Waals surface area contributed by atoms with Crippen LogP contribution in [0.25, 0.3) is 0 Å². The Labute approximate surface area is 111 Å². The van der Waals surface area contributed by atoms with Gasteiger partial charge in [0.2, 0.25) is 0 Å². The molecule has 4 heteroatoms. The van der Waals surface area contributed by atoms with Crippen LogP contribution in [0.1, 0.15) is 36.9 Å². The summed E-state index contributed by atoms with van der Waals surface area (Å²) >= 11 is 3.36. The zero-order valence-electron chi connectivity index (χ0n) is 10.6. The van der Waals surface area contributed by atoms with E-state index in [0.29, 0.717) is 0 Å². The normalized spacial score (nSPS) is 13.0. The summed E-state index contributed by atoms with van der Waals surface area (Å²) in [6.07, 6.45) is -0.428. The second kappa shape index (κ2) is 5.54. The molecule has 0 aliphatic rings. The third-order valence-electron chi connectivity index (χ3n) is 2.12. The van der Waals surface area contributed by atoms with Gasteiger partial charge in [-0.05, 0) is 49.2 Å². The summed E-state index contributed by atoms with van der Waals surface area (Å²) in [5, 5.41) is 2.32. The Hall–Kier alpha value is -1.03. The third kappa shape index (κ3) is 4.77. The number of rotatable bonds is 2.